The lowest BCUT2D eigenvalue weighted by molar-refractivity contribution is -0.143. The van der Waals surface area contributed by atoms with Gasteiger partial charge in [0.05, 0.1) is 25.4 Å². The number of aliphatic hydroxyl groups excluding tert-OH is 2. The second-order valence-electron chi connectivity index (χ2n) is 27.7. The predicted molar refractivity (Wildman–Crippen MR) is 389 cm³/mol. The van der Waals surface area contributed by atoms with Gasteiger partial charge in [0.15, 0.2) is 0 Å². The molecule has 0 radical (unpaired) electrons. The fraction of sp³-hybridized carbons (Fsp3) is 0.902. The van der Waals surface area contributed by atoms with Crippen molar-refractivity contribution in [2.45, 2.75) is 463 Å². The highest BCUT2D eigenvalue weighted by molar-refractivity contribution is 5.76. The second-order valence-corrected chi connectivity index (χ2v) is 27.7. The zero-order valence-electron chi connectivity index (χ0n) is 59.7. The van der Waals surface area contributed by atoms with Gasteiger partial charge in [-0.3, -0.25) is 9.59 Å². The molecule has 0 bridgehead atoms. The van der Waals surface area contributed by atoms with Crippen LogP contribution in [0.3, 0.4) is 0 Å². The van der Waals surface area contributed by atoms with Gasteiger partial charge in [-0.2, -0.15) is 0 Å². The lowest BCUT2D eigenvalue weighted by Gasteiger charge is -2.22. The number of rotatable bonds is 76. The van der Waals surface area contributed by atoms with Crippen LogP contribution in [0.4, 0.5) is 0 Å². The molecule has 0 aromatic heterocycles. The highest BCUT2D eigenvalue weighted by atomic mass is 16.5. The van der Waals surface area contributed by atoms with E-state index in [-0.39, 0.29) is 18.5 Å². The van der Waals surface area contributed by atoms with Crippen molar-refractivity contribution in [1.29, 1.82) is 0 Å². The first kappa shape index (κ1) is 86.1. The number of unbranched alkanes of at least 4 members (excludes halogenated alkanes) is 59. The minimum absolute atomic E-state index is 0.0102. The highest BCUT2D eigenvalue weighted by Crippen LogP contribution is 2.20. The summed E-state index contributed by atoms with van der Waals surface area (Å²) in [6, 6.07) is -0.542. The number of hydrogen-bond donors (Lipinski definition) is 3. The summed E-state index contributed by atoms with van der Waals surface area (Å²) in [5, 5.41) is 23.5. The molecule has 0 heterocycles. The van der Waals surface area contributed by atoms with Crippen molar-refractivity contribution in [2.24, 2.45) is 0 Å². The van der Waals surface area contributed by atoms with Crippen molar-refractivity contribution in [3.05, 3.63) is 36.5 Å². The van der Waals surface area contributed by atoms with E-state index in [0.717, 1.165) is 51.4 Å². The van der Waals surface area contributed by atoms with Crippen molar-refractivity contribution >= 4 is 11.9 Å². The third-order valence-corrected chi connectivity index (χ3v) is 18.9. The van der Waals surface area contributed by atoms with Crippen molar-refractivity contribution in [3.8, 4) is 0 Å². The molecule has 3 N–H and O–H groups in total. The van der Waals surface area contributed by atoms with Crippen molar-refractivity contribution in [1.82, 2.24) is 5.32 Å². The first-order chi connectivity index (χ1) is 43.5. The maximum atomic E-state index is 12.6. The molecule has 0 fully saturated rings. The van der Waals surface area contributed by atoms with Crippen molar-refractivity contribution < 1.29 is 24.5 Å². The Labute approximate surface area is 551 Å². The van der Waals surface area contributed by atoms with Gasteiger partial charge in [-0.1, -0.05) is 391 Å². The Morgan fingerprint density at radius 1 is 0.318 bits per heavy atom. The smallest absolute Gasteiger partial charge is 0.305 e. The molecule has 0 aliphatic carbocycles. The Hall–Kier alpha value is -1.92. The molecule has 2 atom stereocenters. The van der Waals surface area contributed by atoms with Gasteiger partial charge in [-0.15, -0.1) is 0 Å². The van der Waals surface area contributed by atoms with Gasteiger partial charge in [0.2, 0.25) is 5.91 Å². The Morgan fingerprint density at radius 3 is 0.898 bits per heavy atom. The SMILES string of the molecule is CCCCC/C=C\C/C=C\CCCCCCCCCC(=O)OCCCCCCCCCCCCCC/C=C\CCCCCCCCCCCCCCCCC(=O)NC(CO)C(O)CCCCCCCCCCCCCCCCCCCCCCCCCC. The zero-order valence-corrected chi connectivity index (χ0v) is 59.7. The molecule has 6 heteroatoms. The molecule has 0 aliphatic heterocycles. The van der Waals surface area contributed by atoms with Gasteiger partial charge in [-0.05, 0) is 83.5 Å². The number of esters is 1. The molecule has 0 saturated carbocycles. The molecule has 88 heavy (non-hydrogen) atoms. The van der Waals surface area contributed by atoms with Crippen LogP contribution in [0.25, 0.3) is 0 Å². The van der Waals surface area contributed by atoms with Gasteiger partial charge in [0, 0.05) is 12.8 Å². The molecule has 0 aromatic carbocycles. The van der Waals surface area contributed by atoms with Crippen LogP contribution >= 0.6 is 0 Å². The average Bonchev–Trinajstić information content (AvgIpc) is 3.58. The summed E-state index contributed by atoms with van der Waals surface area (Å²) in [5.74, 6) is -0.0179. The first-order valence-corrected chi connectivity index (χ1v) is 40.2. The number of hydrogen-bond acceptors (Lipinski definition) is 5. The van der Waals surface area contributed by atoms with Gasteiger partial charge in [0.1, 0.15) is 0 Å². The van der Waals surface area contributed by atoms with E-state index in [2.05, 4.69) is 55.6 Å². The Balaban J connectivity index is 3.37. The standard InChI is InChI=1S/C82H157NO5/c1-3-5-7-9-11-13-15-17-19-21-22-23-24-33-36-39-43-46-50-54-58-62-66-70-74-80(85)79(78-84)83-81(86)75-71-67-63-59-55-51-47-44-40-37-34-31-29-27-25-26-28-30-32-35-38-41-45-49-53-57-61-65-69-73-77-88-82(87)76-72-68-64-60-56-52-48-42-20-18-16-14-12-10-8-6-4-2/h12,14,18,20,26,28,79-80,84-85H,3-11,13,15-17,19,21-25,27,29-78H2,1-2H3,(H,83,86)/b14-12-,20-18-,28-26-. The molecule has 1 amide bonds. The summed E-state index contributed by atoms with van der Waals surface area (Å²) >= 11 is 0. The molecule has 0 aromatic rings. The number of allylic oxidation sites excluding steroid dienone is 6. The molecule has 0 saturated heterocycles. The maximum absolute atomic E-state index is 12.6. The lowest BCUT2D eigenvalue weighted by Crippen LogP contribution is -2.45. The number of amides is 1. The molecule has 2 unspecified atom stereocenters. The third kappa shape index (κ3) is 73.1. The zero-order chi connectivity index (χ0) is 63.5. The normalized spacial score (nSPS) is 12.6. The molecule has 0 rings (SSSR count). The Morgan fingerprint density at radius 2 is 0.568 bits per heavy atom. The third-order valence-electron chi connectivity index (χ3n) is 18.9. The van der Waals surface area contributed by atoms with Gasteiger partial charge in [-0.25, -0.2) is 0 Å². The van der Waals surface area contributed by atoms with Gasteiger partial charge < -0.3 is 20.3 Å². The fourth-order valence-corrected chi connectivity index (χ4v) is 12.8. The van der Waals surface area contributed by atoms with E-state index >= 15 is 0 Å². The number of carbonyl (C=O) groups excluding carboxylic acids is 2. The number of ether oxygens (including phenoxy) is 1. The molecule has 0 spiro atoms. The Bertz CT molecular complexity index is 1430. The van der Waals surface area contributed by atoms with E-state index in [1.165, 1.54) is 366 Å². The quantitative estimate of drug-likeness (QED) is 0.0320. The minimum Gasteiger partial charge on any atom is -0.466 e. The monoisotopic (exact) mass is 1240 g/mol. The second kappa shape index (κ2) is 77.5. The predicted octanol–water partition coefficient (Wildman–Crippen LogP) is 26.6. The first-order valence-electron chi connectivity index (χ1n) is 40.2. The van der Waals surface area contributed by atoms with Gasteiger partial charge >= 0.3 is 5.97 Å². The van der Waals surface area contributed by atoms with Crippen LogP contribution < -0.4 is 5.32 Å². The highest BCUT2D eigenvalue weighted by Gasteiger charge is 2.20. The summed E-state index contributed by atoms with van der Waals surface area (Å²) in [5.41, 5.74) is 0. The minimum atomic E-state index is -0.665. The summed E-state index contributed by atoms with van der Waals surface area (Å²) < 4.78 is 5.50. The molecular weight excluding hydrogens is 1080 g/mol. The van der Waals surface area contributed by atoms with E-state index in [9.17, 15) is 19.8 Å². The van der Waals surface area contributed by atoms with E-state index in [1.807, 2.05) is 0 Å². The maximum Gasteiger partial charge on any atom is 0.305 e. The summed E-state index contributed by atoms with van der Waals surface area (Å²) in [7, 11) is 0. The fourth-order valence-electron chi connectivity index (χ4n) is 12.8. The average molecular weight is 1240 g/mol. The topological polar surface area (TPSA) is 95.9 Å². The van der Waals surface area contributed by atoms with Crippen molar-refractivity contribution in [3.63, 3.8) is 0 Å². The number of nitrogens with one attached hydrogen (secondary N) is 1. The van der Waals surface area contributed by atoms with Crippen LogP contribution in [0.5, 0.6) is 0 Å². The van der Waals surface area contributed by atoms with Crippen LogP contribution in [-0.4, -0.2) is 47.4 Å². The summed E-state index contributed by atoms with van der Waals surface area (Å²) in [6.07, 6.45) is 101. The molecule has 0 aliphatic rings. The number of aliphatic hydroxyl groups is 2. The van der Waals surface area contributed by atoms with E-state index in [0.29, 0.717) is 25.9 Å². The van der Waals surface area contributed by atoms with E-state index in [1.54, 1.807) is 0 Å². The summed E-state index contributed by atoms with van der Waals surface area (Å²) in [6.45, 7) is 4.97. The van der Waals surface area contributed by atoms with Crippen LogP contribution in [-0.2, 0) is 14.3 Å². The van der Waals surface area contributed by atoms with E-state index in [4.69, 9.17) is 4.74 Å². The number of carbonyl (C=O) groups is 2. The van der Waals surface area contributed by atoms with Crippen LogP contribution in [0.1, 0.15) is 450 Å². The van der Waals surface area contributed by atoms with Crippen LogP contribution in [0, 0.1) is 0 Å². The van der Waals surface area contributed by atoms with Crippen LogP contribution in [0.2, 0.25) is 0 Å². The van der Waals surface area contributed by atoms with Crippen molar-refractivity contribution in [2.75, 3.05) is 13.2 Å². The van der Waals surface area contributed by atoms with E-state index < -0.39 is 12.1 Å². The molecular formula is C82H157NO5. The van der Waals surface area contributed by atoms with Gasteiger partial charge in [0.25, 0.3) is 0 Å². The molecule has 6 nitrogen and oxygen atoms in total. The largest absolute Gasteiger partial charge is 0.466 e. The summed E-state index contributed by atoms with van der Waals surface area (Å²) in [4.78, 5) is 24.7. The Kier molecular flexibility index (Phi) is 75.8. The molecule has 520 valence electrons. The van der Waals surface area contributed by atoms with Crippen LogP contribution in [0.15, 0.2) is 36.5 Å². The lowest BCUT2D eigenvalue weighted by atomic mass is 10.0.